The van der Waals surface area contributed by atoms with Gasteiger partial charge in [0, 0.05) is 18.9 Å². The van der Waals surface area contributed by atoms with Crippen LogP contribution in [0.4, 0.5) is 0 Å². The molecule has 0 N–H and O–H groups in total. The number of hydrogen-bond donors (Lipinski definition) is 0. The molecule has 1 aromatic rings. The van der Waals surface area contributed by atoms with Crippen LogP contribution >= 0.6 is 0 Å². The maximum atomic E-state index is 12.6. The van der Waals surface area contributed by atoms with Crippen molar-refractivity contribution in [2.24, 2.45) is 5.92 Å². The number of carbonyl (C=O) groups is 1. The maximum Gasteiger partial charge on any atom is 0.249 e. The standard InChI is InChI=1S/C17H25N3O2/c21-15(10-7-12-4-1-2-5-12)20-11-3-6-14(20)17-18-16(19-22-17)13-8-9-13/h12-14H,1-11H2. The van der Waals surface area contributed by atoms with Crippen LogP contribution in [0.1, 0.15) is 87.9 Å². The molecule has 1 aliphatic heterocycles. The largest absolute Gasteiger partial charge is 0.337 e. The summed E-state index contributed by atoms with van der Waals surface area (Å²) in [6.07, 6.45) is 11.4. The molecule has 0 radical (unpaired) electrons. The van der Waals surface area contributed by atoms with E-state index in [1.807, 2.05) is 4.90 Å². The molecule has 3 fully saturated rings. The Morgan fingerprint density at radius 3 is 2.73 bits per heavy atom. The van der Waals surface area contributed by atoms with Crippen molar-refractivity contribution in [2.45, 2.75) is 76.2 Å². The van der Waals surface area contributed by atoms with E-state index in [9.17, 15) is 4.79 Å². The van der Waals surface area contributed by atoms with E-state index in [4.69, 9.17) is 4.52 Å². The molecule has 0 bridgehead atoms. The van der Waals surface area contributed by atoms with E-state index >= 15 is 0 Å². The van der Waals surface area contributed by atoms with Crippen LogP contribution < -0.4 is 0 Å². The molecular weight excluding hydrogens is 278 g/mol. The second kappa shape index (κ2) is 6.01. The minimum atomic E-state index is 0.0241. The Bertz CT molecular complexity index is 532. The molecule has 22 heavy (non-hydrogen) atoms. The first-order chi connectivity index (χ1) is 10.8. The number of amides is 1. The van der Waals surface area contributed by atoms with Gasteiger partial charge in [-0.1, -0.05) is 30.8 Å². The Balaban J connectivity index is 1.37. The van der Waals surface area contributed by atoms with Gasteiger partial charge in [0.2, 0.25) is 11.8 Å². The highest BCUT2D eigenvalue weighted by molar-refractivity contribution is 5.76. The summed E-state index contributed by atoms with van der Waals surface area (Å²) in [5.74, 6) is 3.06. The minimum Gasteiger partial charge on any atom is -0.337 e. The van der Waals surface area contributed by atoms with Gasteiger partial charge < -0.3 is 9.42 Å². The Morgan fingerprint density at radius 1 is 1.14 bits per heavy atom. The highest BCUT2D eigenvalue weighted by Crippen LogP contribution is 2.40. The molecule has 4 rings (SSSR count). The Kier molecular flexibility index (Phi) is 3.89. The lowest BCUT2D eigenvalue weighted by atomic mass is 10.0. The predicted molar refractivity (Wildman–Crippen MR) is 81.2 cm³/mol. The minimum absolute atomic E-state index is 0.0241. The summed E-state index contributed by atoms with van der Waals surface area (Å²) in [7, 11) is 0. The van der Waals surface area contributed by atoms with E-state index in [2.05, 4.69) is 10.1 Å². The summed E-state index contributed by atoms with van der Waals surface area (Å²) >= 11 is 0. The summed E-state index contributed by atoms with van der Waals surface area (Å²) in [5.41, 5.74) is 0. The summed E-state index contributed by atoms with van der Waals surface area (Å²) in [6.45, 7) is 0.843. The van der Waals surface area contributed by atoms with Gasteiger partial charge in [0.15, 0.2) is 5.82 Å². The zero-order chi connectivity index (χ0) is 14.9. The van der Waals surface area contributed by atoms with Crippen molar-refractivity contribution in [3.8, 4) is 0 Å². The first-order valence-corrected chi connectivity index (χ1v) is 8.94. The fourth-order valence-corrected chi connectivity index (χ4v) is 3.98. The number of hydrogen-bond acceptors (Lipinski definition) is 4. The Morgan fingerprint density at radius 2 is 1.95 bits per heavy atom. The summed E-state index contributed by atoms with van der Waals surface area (Å²) in [4.78, 5) is 19.1. The highest BCUT2D eigenvalue weighted by Gasteiger charge is 2.36. The van der Waals surface area contributed by atoms with E-state index in [1.54, 1.807) is 0 Å². The lowest BCUT2D eigenvalue weighted by Crippen LogP contribution is -2.30. The van der Waals surface area contributed by atoms with Gasteiger partial charge in [-0.05, 0) is 38.0 Å². The third-order valence-electron chi connectivity index (χ3n) is 5.50. The molecule has 1 saturated heterocycles. The van der Waals surface area contributed by atoms with Gasteiger partial charge in [0.1, 0.15) is 6.04 Å². The lowest BCUT2D eigenvalue weighted by Gasteiger charge is -2.22. The third-order valence-corrected chi connectivity index (χ3v) is 5.50. The van der Waals surface area contributed by atoms with E-state index in [-0.39, 0.29) is 11.9 Å². The average molecular weight is 303 g/mol. The molecule has 2 heterocycles. The van der Waals surface area contributed by atoms with Crippen LogP contribution in [-0.4, -0.2) is 27.5 Å². The fraction of sp³-hybridized carbons (Fsp3) is 0.824. The SMILES string of the molecule is O=C(CCC1CCCC1)N1CCCC1c1nc(C2CC2)no1. The van der Waals surface area contributed by atoms with Crippen LogP contribution in [0.3, 0.4) is 0 Å². The van der Waals surface area contributed by atoms with Gasteiger partial charge in [-0.2, -0.15) is 4.98 Å². The van der Waals surface area contributed by atoms with Gasteiger partial charge in [-0.15, -0.1) is 0 Å². The summed E-state index contributed by atoms with van der Waals surface area (Å²) in [6, 6.07) is 0.0241. The van der Waals surface area contributed by atoms with Gasteiger partial charge >= 0.3 is 0 Å². The zero-order valence-electron chi connectivity index (χ0n) is 13.2. The first kappa shape index (κ1) is 14.2. The molecule has 5 heteroatoms. The maximum absolute atomic E-state index is 12.6. The van der Waals surface area contributed by atoms with E-state index in [0.717, 1.165) is 37.5 Å². The van der Waals surface area contributed by atoms with Gasteiger partial charge in [-0.25, -0.2) is 0 Å². The molecule has 1 unspecified atom stereocenters. The van der Waals surface area contributed by atoms with Crippen molar-refractivity contribution in [2.75, 3.05) is 6.54 Å². The van der Waals surface area contributed by atoms with Crippen LogP contribution in [0, 0.1) is 5.92 Å². The van der Waals surface area contributed by atoms with E-state index in [1.165, 1.54) is 38.5 Å². The van der Waals surface area contributed by atoms with Gasteiger partial charge in [-0.3, -0.25) is 4.79 Å². The third kappa shape index (κ3) is 2.90. The molecule has 2 aliphatic carbocycles. The van der Waals surface area contributed by atoms with Crippen LogP contribution in [0.25, 0.3) is 0 Å². The van der Waals surface area contributed by atoms with Crippen molar-refractivity contribution in [1.29, 1.82) is 0 Å². The molecule has 2 saturated carbocycles. The highest BCUT2D eigenvalue weighted by atomic mass is 16.5. The van der Waals surface area contributed by atoms with E-state index in [0.29, 0.717) is 18.2 Å². The zero-order valence-corrected chi connectivity index (χ0v) is 13.2. The van der Waals surface area contributed by atoms with Crippen molar-refractivity contribution in [1.82, 2.24) is 15.0 Å². The van der Waals surface area contributed by atoms with Crippen LogP contribution in [0.5, 0.6) is 0 Å². The topological polar surface area (TPSA) is 59.2 Å². The number of likely N-dealkylation sites (tertiary alicyclic amines) is 1. The molecule has 0 spiro atoms. The molecule has 1 aromatic heterocycles. The normalized spacial score (nSPS) is 26.0. The molecule has 5 nitrogen and oxygen atoms in total. The summed E-state index contributed by atoms with van der Waals surface area (Å²) in [5, 5.41) is 4.10. The van der Waals surface area contributed by atoms with Crippen molar-refractivity contribution in [3.63, 3.8) is 0 Å². The van der Waals surface area contributed by atoms with Gasteiger partial charge in [0.25, 0.3) is 0 Å². The Hall–Kier alpha value is -1.39. The number of aromatic nitrogens is 2. The molecule has 1 amide bonds. The van der Waals surface area contributed by atoms with Crippen LogP contribution in [0.2, 0.25) is 0 Å². The van der Waals surface area contributed by atoms with Gasteiger partial charge in [0.05, 0.1) is 0 Å². The summed E-state index contributed by atoms with van der Waals surface area (Å²) < 4.78 is 5.45. The molecular formula is C17H25N3O2. The van der Waals surface area contributed by atoms with E-state index < -0.39 is 0 Å². The predicted octanol–water partition coefficient (Wildman–Crippen LogP) is 3.58. The molecule has 120 valence electrons. The van der Waals surface area contributed by atoms with Crippen molar-refractivity contribution < 1.29 is 9.32 Å². The monoisotopic (exact) mass is 303 g/mol. The second-order valence-electron chi connectivity index (χ2n) is 7.20. The number of carbonyl (C=O) groups excluding carboxylic acids is 1. The number of rotatable bonds is 5. The first-order valence-electron chi connectivity index (χ1n) is 8.94. The number of nitrogens with zero attached hydrogens (tertiary/aromatic N) is 3. The smallest absolute Gasteiger partial charge is 0.249 e. The quantitative estimate of drug-likeness (QED) is 0.834. The second-order valence-corrected chi connectivity index (χ2v) is 7.20. The van der Waals surface area contributed by atoms with Crippen LogP contribution in [0.15, 0.2) is 4.52 Å². The average Bonchev–Trinajstić information content (AvgIpc) is 3.02. The lowest BCUT2D eigenvalue weighted by molar-refractivity contribution is -0.132. The van der Waals surface area contributed by atoms with Crippen molar-refractivity contribution >= 4 is 5.91 Å². The molecule has 3 aliphatic rings. The molecule has 0 aromatic carbocycles. The molecule has 1 atom stereocenters. The Labute approximate surface area is 131 Å². The van der Waals surface area contributed by atoms with Crippen LogP contribution in [-0.2, 0) is 4.79 Å². The van der Waals surface area contributed by atoms with Crippen molar-refractivity contribution in [3.05, 3.63) is 11.7 Å². The fourth-order valence-electron chi connectivity index (χ4n) is 3.98.